The molecule has 1 aromatic heterocycles. The van der Waals surface area contributed by atoms with Crippen molar-refractivity contribution in [3.05, 3.63) is 76.0 Å². The van der Waals surface area contributed by atoms with E-state index in [1.807, 2.05) is 62.4 Å². The van der Waals surface area contributed by atoms with Gasteiger partial charge in [-0.05, 0) is 61.9 Å². The summed E-state index contributed by atoms with van der Waals surface area (Å²) >= 11 is 3.40. The lowest BCUT2D eigenvalue weighted by Crippen LogP contribution is -2.15. The Morgan fingerprint density at radius 1 is 0.960 bits per heavy atom. The summed E-state index contributed by atoms with van der Waals surface area (Å²) < 4.78 is 0.987. The molecule has 0 fully saturated rings. The number of carbonyl (C=O) groups excluding carboxylic acids is 1. The number of benzene rings is 2. The quantitative estimate of drug-likeness (QED) is 0.661. The van der Waals surface area contributed by atoms with Crippen LogP contribution in [-0.4, -0.2) is 15.9 Å². The maximum atomic E-state index is 12.5. The summed E-state index contributed by atoms with van der Waals surface area (Å²) in [4.78, 5) is 21.2. The van der Waals surface area contributed by atoms with Crippen LogP contribution in [0.4, 0.5) is 17.3 Å². The van der Waals surface area contributed by atoms with Crippen LogP contribution in [-0.2, 0) is 0 Å². The Hall–Kier alpha value is -2.73. The van der Waals surface area contributed by atoms with Gasteiger partial charge >= 0.3 is 0 Å². The number of hydrogen-bond acceptors (Lipinski definition) is 4. The second-order valence-electron chi connectivity index (χ2n) is 5.67. The van der Waals surface area contributed by atoms with Crippen LogP contribution in [0, 0.1) is 13.8 Å². The first-order valence-electron chi connectivity index (χ1n) is 7.76. The van der Waals surface area contributed by atoms with E-state index in [0.717, 1.165) is 21.4 Å². The van der Waals surface area contributed by atoms with Gasteiger partial charge in [0.1, 0.15) is 5.69 Å². The smallest absolute Gasteiger partial charge is 0.274 e. The third-order valence-corrected chi connectivity index (χ3v) is 3.99. The number of nitrogens with zero attached hydrogens (tertiary/aromatic N) is 2. The molecular weight excluding hydrogens is 380 g/mol. The van der Waals surface area contributed by atoms with Gasteiger partial charge in [0.2, 0.25) is 5.95 Å². The lowest BCUT2D eigenvalue weighted by atomic mass is 10.2. The van der Waals surface area contributed by atoms with E-state index < -0.39 is 0 Å². The highest BCUT2D eigenvalue weighted by atomic mass is 79.9. The van der Waals surface area contributed by atoms with Gasteiger partial charge in [0.15, 0.2) is 0 Å². The predicted octanol–water partition coefficient (Wildman–Crippen LogP) is 4.85. The molecule has 126 valence electrons. The van der Waals surface area contributed by atoms with Crippen molar-refractivity contribution in [1.29, 1.82) is 0 Å². The monoisotopic (exact) mass is 396 g/mol. The minimum atomic E-state index is -0.269. The van der Waals surface area contributed by atoms with E-state index in [1.165, 1.54) is 0 Å². The Balaban J connectivity index is 1.80. The number of aryl methyl sites for hydroxylation is 2. The van der Waals surface area contributed by atoms with Crippen LogP contribution in [0.15, 0.2) is 59.1 Å². The summed E-state index contributed by atoms with van der Waals surface area (Å²) in [5.74, 6) is 0.117. The van der Waals surface area contributed by atoms with Gasteiger partial charge in [-0.2, -0.15) is 0 Å². The van der Waals surface area contributed by atoms with Crippen molar-refractivity contribution in [2.24, 2.45) is 0 Å². The first-order chi connectivity index (χ1) is 12.0. The minimum absolute atomic E-state index is 0.269. The summed E-state index contributed by atoms with van der Waals surface area (Å²) in [5, 5.41) is 5.98. The standard InChI is InChI=1S/C19H17BrN4O/c1-12-4-3-5-16(10-12)22-18(25)17-11-13(2)21-19(24-17)23-15-8-6-14(20)7-9-15/h3-11H,1-2H3,(H,22,25)(H,21,23,24). The Bertz CT molecular complexity index is 910. The molecule has 6 heteroatoms. The van der Waals surface area contributed by atoms with Crippen molar-refractivity contribution in [2.75, 3.05) is 10.6 Å². The zero-order valence-electron chi connectivity index (χ0n) is 13.9. The van der Waals surface area contributed by atoms with Crippen molar-refractivity contribution in [2.45, 2.75) is 13.8 Å². The normalized spacial score (nSPS) is 10.4. The van der Waals surface area contributed by atoms with Crippen LogP contribution in [0.1, 0.15) is 21.7 Å². The number of hydrogen-bond donors (Lipinski definition) is 2. The molecule has 0 saturated heterocycles. The molecule has 2 aromatic carbocycles. The Labute approximate surface area is 154 Å². The van der Waals surface area contributed by atoms with Crippen LogP contribution < -0.4 is 10.6 Å². The van der Waals surface area contributed by atoms with Crippen LogP contribution in [0.2, 0.25) is 0 Å². The fourth-order valence-corrected chi connectivity index (χ4v) is 2.59. The van der Waals surface area contributed by atoms with E-state index in [0.29, 0.717) is 17.3 Å². The Morgan fingerprint density at radius 2 is 1.72 bits per heavy atom. The average Bonchev–Trinajstić information content (AvgIpc) is 2.56. The summed E-state index contributed by atoms with van der Waals surface area (Å²) in [6.45, 7) is 3.81. The molecule has 0 aliphatic heterocycles. The molecule has 3 rings (SSSR count). The molecule has 0 aliphatic rings. The zero-order chi connectivity index (χ0) is 17.8. The van der Waals surface area contributed by atoms with Crippen LogP contribution in [0.3, 0.4) is 0 Å². The first-order valence-corrected chi connectivity index (χ1v) is 8.55. The van der Waals surface area contributed by atoms with Crippen LogP contribution in [0.25, 0.3) is 0 Å². The maximum Gasteiger partial charge on any atom is 0.274 e. The number of halogens is 1. The lowest BCUT2D eigenvalue weighted by Gasteiger charge is -2.09. The largest absolute Gasteiger partial charge is 0.324 e. The van der Waals surface area contributed by atoms with Gasteiger partial charge in [0.05, 0.1) is 0 Å². The molecule has 2 N–H and O–H groups in total. The Kier molecular flexibility index (Phi) is 5.09. The van der Waals surface area contributed by atoms with Gasteiger partial charge in [-0.3, -0.25) is 4.79 Å². The molecule has 25 heavy (non-hydrogen) atoms. The molecule has 1 heterocycles. The number of amides is 1. The molecule has 0 spiro atoms. The molecular formula is C19H17BrN4O. The molecule has 0 unspecified atom stereocenters. The molecule has 5 nitrogen and oxygen atoms in total. The highest BCUT2D eigenvalue weighted by Crippen LogP contribution is 2.18. The van der Waals surface area contributed by atoms with E-state index in [-0.39, 0.29) is 5.91 Å². The van der Waals surface area contributed by atoms with Crippen molar-refractivity contribution >= 4 is 39.2 Å². The number of aromatic nitrogens is 2. The van der Waals surface area contributed by atoms with Gasteiger partial charge < -0.3 is 10.6 Å². The number of rotatable bonds is 4. The highest BCUT2D eigenvalue weighted by molar-refractivity contribution is 9.10. The van der Waals surface area contributed by atoms with Crippen molar-refractivity contribution in [3.8, 4) is 0 Å². The highest BCUT2D eigenvalue weighted by Gasteiger charge is 2.11. The molecule has 0 saturated carbocycles. The van der Waals surface area contributed by atoms with Crippen molar-refractivity contribution < 1.29 is 4.79 Å². The Morgan fingerprint density at radius 3 is 2.44 bits per heavy atom. The van der Waals surface area contributed by atoms with E-state index in [2.05, 4.69) is 36.5 Å². The average molecular weight is 397 g/mol. The first kappa shape index (κ1) is 17.1. The molecule has 1 amide bonds. The molecule has 0 radical (unpaired) electrons. The number of carbonyl (C=O) groups is 1. The van der Waals surface area contributed by atoms with Crippen LogP contribution >= 0.6 is 15.9 Å². The molecule has 3 aromatic rings. The van der Waals surface area contributed by atoms with Gasteiger partial charge in [0, 0.05) is 21.5 Å². The maximum absolute atomic E-state index is 12.5. The van der Waals surface area contributed by atoms with E-state index in [9.17, 15) is 4.79 Å². The number of nitrogens with one attached hydrogen (secondary N) is 2. The molecule has 0 bridgehead atoms. The van der Waals surface area contributed by atoms with Gasteiger partial charge in [-0.25, -0.2) is 9.97 Å². The van der Waals surface area contributed by atoms with E-state index >= 15 is 0 Å². The topological polar surface area (TPSA) is 66.9 Å². The van der Waals surface area contributed by atoms with Gasteiger partial charge in [-0.15, -0.1) is 0 Å². The van der Waals surface area contributed by atoms with Gasteiger partial charge in [-0.1, -0.05) is 28.1 Å². The molecule has 0 aliphatic carbocycles. The van der Waals surface area contributed by atoms with Gasteiger partial charge in [0.25, 0.3) is 5.91 Å². The minimum Gasteiger partial charge on any atom is -0.324 e. The number of anilines is 3. The summed E-state index contributed by atoms with van der Waals surface area (Å²) in [6, 6.07) is 16.9. The fourth-order valence-electron chi connectivity index (χ4n) is 2.32. The molecule has 0 atom stereocenters. The lowest BCUT2D eigenvalue weighted by molar-refractivity contribution is 0.102. The van der Waals surface area contributed by atoms with Crippen molar-refractivity contribution in [1.82, 2.24) is 9.97 Å². The summed E-state index contributed by atoms with van der Waals surface area (Å²) in [7, 11) is 0. The SMILES string of the molecule is Cc1cccc(NC(=O)c2cc(C)nc(Nc3ccc(Br)cc3)n2)c1. The second kappa shape index (κ2) is 7.44. The predicted molar refractivity (Wildman–Crippen MR) is 103 cm³/mol. The third kappa shape index (κ3) is 4.64. The van der Waals surface area contributed by atoms with E-state index in [1.54, 1.807) is 6.07 Å². The van der Waals surface area contributed by atoms with Crippen LogP contribution in [0.5, 0.6) is 0 Å². The third-order valence-electron chi connectivity index (χ3n) is 3.46. The van der Waals surface area contributed by atoms with E-state index in [4.69, 9.17) is 0 Å². The summed E-state index contributed by atoms with van der Waals surface area (Å²) in [5.41, 5.74) is 3.69. The van der Waals surface area contributed by atoms with Crippen molar-refractivity contribution in [3.63, 3.8) is 0 Å². The second-order valence-corrected chi connectivity index (χ2v) is 6.59. The summed E-state index contributed by atoms with van der Waals surface area (Å²) in [6.07, 6.45) is 0. The zero-order valence-corrected chi connectivity index (χ0v) is 15.5. The fraction of sp³-hybridized carbons (Fsp3) is 0.105.